The van der Waals surface area contributed by atoms with Crippen molar-refractivity contribution in [1.29, 1.82) is 0 Å². The van der Waals surface area contributed by atoms with Gasteiger partial charge in [-0.1, -0.05) is 35.4 Å². The molecule has 0 aliphatic carbocycles. The Kier molecular flexibility index (Phi) is 4.45. The summed E-state index contributed by atoms with van der Waals surface area (Å²) in [6.45, 7) is 3.91. The van der Waals surface area contributed by atoms with Crippen LogP contribution >= 0.6 is 11.6 Å². The van der Waals surface area contributed by atoms with Crippen LogP contribution in [-0.4, -0.2) is 13.4 Å². The summed E-state index contributed by atoms with van der Waals surface area (Å²) in [5.74, 6) is 0. The summed E-state index contributed by atoms with van der Waals surface area (Å²) in [4.78, 5) is -0.199. The van der Waals surface area contributed by atoms with E-state index in [0.29, 0.717) is 12.0 Å². The van der Waals surface area contributed by atoms with Crippen molar-refractivity contribution in [3.05, 3.63) is 63.0 Å². The minimum absolute atomic E-state index is 0.199. The number of aryl methyl sites for hydroxylation is 2. The first-order chi connectivity index (χ1) is 9.38. The lowest BCUT2D eigenvalue weighted by atomic mass is 9.97. The summed E-state index contributed by atoms with van der Waals surface area (Å²) in [5.41, 5.74) is 3.55. The van der Waals surface area contributed by atoms with Gasteiger partial charge in [0.1, 0.15) is 6.20 Å². The van der Waals surface area contributed by atoms with Crippen molar-refractivity contribution in [2.75, 3.05) is 0 Å². The maximum atomic E-state index is 11.8. The van der Waals surface area contributed by atoms with Crippen molar-refractivity contribution in [3.63, 3.8) is 0 Å². The van der Waals surface area contributed by atoms with E-state index in [9.17, 15) is 13.6 Å². The van der Waals surface area contributed by atoms with Crippen LogP contribution in [0.15, 0.2) is 41.1 Å². The van der Waals surface area contributed by atoms with Crippen LogP contribution < -0.4 is 5.06 Å². The van der Waals surface area contributed by atoms with Gasteiger partial charge in [0.2, 0.25) is 0 Å². The summed E-state index contributed by atoms with van der Waals surface area (Å²) in [5, 5.41) is 11.5. The average Bonchev–Trinajstić information content (AvgIpc) is 2.32. The summed E-state index contributed by atoms with van der Waals surface area (Å²) in [6, 6.07) is 5.95. The van der Waals surface area contributed by atoms with Gasteiger partial charge in [0.05, 0.1) is 5.03 Å². The Bertz CT molecular complexity index is 740. The molecule has 0 fully saturated rings. The number of hydrogen-bond donors (Lipinski definition) is 1. The molecule has 1 aliphatic rings. The van der Waals surface area contributed by atoms with E-state index in [2.05, 4.69) is 0 Å². The molecule has 20 heavy (non-hydrogen) atoms. The monoisotopic (exact) mass is 311 g/mol. The molecule has 1 aromatic carbocycles. The second kappa shape index (κ2) is 5.93. The molecule has 6 heteroatoms. The van der Waals surface area contributed by atoms with Gasteiger partial charge in [-0.15, -0.1) is 0 Å². The van der Waals surface area contributed by atoms with Gasteiger partial charge in [-0.3, -0.25) is 5.06 Å². The molecule has 0 saturated carbocycles. The molecule has 1 N–H and O–H groups in total. The Labute approximate surface area is 124 Å². The van der Waals surface area contributed by atoms with Gasteiger partial charge in [0.25, 0.3) is 15.3 Å². The zero-order valence-electron chi connectivity index (χ0n) is 11.1. The number of quaternary nitrogens is 1. The largest absolute Gasteiger partial charge is 0.623 e. The number of halogens is 1. The molecule has 1 aliphatic heterocycles. The zero-order chi connectivity index (χ0) is 14.9. The number of hydrogen-bond acceptors (Lipinski definition) is 3. The first kappa shape index (κ1) is 15.0. The Balaban J connectivity index is 2.48. The summed E-state index contributed by atoms with van der Waals surface area (Å²) in [7, 11) is -2.57. The van der Waals surface area contributed by atoms with Gasteiger partial charge in [-0.2, -0.15) is 8.42 Å². The van der Waals surface area contributed by atoms with Gasteiger partial charge < -0.3 is 5.21 Å². The van der Waals surface area contributed by atoms with Crippen molar-refractivity contribution in [2.24, 2.45) is 0 Å². The number of hydroxylamine groups is 2. The lowest BCUT2D eigenvalue weighted by molar-refractivity contribution is -0.681. The van der Waals surface area contributed by atoms with Crippen LogP contribution in [0, 0.1) is 19.1 Å². The first-order valence-corrected chi connectivity index (χ1v) is 7.48. The average molecular weight is 312 g/mol. The van der Waals surface area contributed by atoms with Crippen molar-refractivity contribution < 1.29 is 13.5 Å². The number of allylic oxidation sites excluding steroid dienone is 2. The van der Waals surface area contributed by atoms with Gasteiger partial charge in [0, 0.05) is 12.0 Å². The molecule has 1 aromatic rings. The maximum Gasteiger partial charge on any atom is 0.277 e. The quantitative estimate of drug-likeness (QED) is 0.660. The molecular formula is C14H14ClNO3S. The van der Waals surface area contributed by atoms with Gasteiger partial charge >= 0.3 is 0 Å². The smallest absolute Gasteiger partial charge is 0.277 e. The van der Waals surface area contributed by atoms with Crippen LogP contribution in [0.25, 0.3) is 0 Å². The Hall–Kier alpha value is -1.40. The Morgan fingerprint density at radius 1 is 1.30 bits per heavy atom. The summed E-state index contributed by atoms with van der Waals surface area (Å²) < 4.78 is 22.5. The molecule has 106 valence electrons. The third-order valence-electron chi connectivity index (χ3n) is 3.15. The minimum atomic E-state index is -2.57. The van der Waals surface area contributed by atoms with Gasteiger partial charge in [-0.05, 0) is 31.1 Å². The minimum Gasteiger partial charge on any atom is -0.623 e. The van der Waals surface area contributed by atoms with E-state index < -0.39 is 15.4 Å². The molecule has 1 atom stereocenters. The van der Waals surface area contributed by atoms with E-state index in [1.807, 2.05) is 32.0 Å². The predicted molar refractivity (Wildman–Crippen MR) is 79.9 cm³/mol. The highest BCUT2D eigenvalue weighted by atomic mass is 35.5. The van der Waals surface area contributed by atoms with Crippen LogP contribution in [0.3, 0.4) is 0 Å². The predicted octanol–water partition coefficient (Wildman–Crippen LogP) is 1.26. The molecule has 0 bridgehead atoms. The van der Waals surface area contributed by atoms with Crippen LogP contribution in [0.5, 0.6) is 0 Å². The second-order valence-electron chi connectivity index (χ2n) is 4.73. The highest BCUT2D eigenvalue weighted by Gasteiger charge is 2.22. The molecule has 0 spiro atoms. The van der Waals surface area contributed by atoms with E-state index in [-0.39, 0.29) is 10.0 Å². The molecule has 4 nitrogen and oxygen atoms in total. The Morgan fingerprint density at radius 2 is 2.00 bits per heavy atom. The molecule has 1 heterocycles. The molecular weight excluding hydrogens is 298 g/mol. The van der Waals surface area contributed by atoms with Crippen molar-refractivity contribution in [2.45, 2.75) is 20.3 Å². The van der Waals surface area contributed by atoms with E-state index in [0.717, 1.165) is 22.9 Å². The molecule has 2 rings (SSSR count). The van der Waals surface area contributed by atoms with E-state index >= 15 is 0 Å². The van der Waals surface area contributed by atoms with E-state index in [4.69, 9.17) is 11.6 Å². The molecule has 0 saturated heterocycles. The highest BCUT2D eigenvalue weighted by molar-refractivity contribution is 7.72. The summed E-state index contributed by atoms with van der Waals surface area (Å²) >= 11 is 5.86. The third kappa shape index (κ3) is 3.19. The van der Waals surface area contributed by atoms with Crippen molar-refractivity contribution in [1.82, 2.24) is 0 Å². The lowest BCUT2D eigenvalue weighted by Gasteiger charge is -2.22. The van der Waals surface area contributed by atoms with Crippen molar-refractivity contribution >= 4 is 26.9 Å². The number of benzene rings is 1. The first-order valence-electron chi connectivity index (χ1n) is 6.03. The summed E-state index contributed by atoms with van der Waals surface area (Å²) in [6.07, 6.45) is 3.03. The fraction of sp³-hybridized carbons (Fsp3) is 0.214. The van der Waals surface area contributed by atoms with Crippen LogP contribution in [0.2, 0.25) is 0 Å². The zero-order valence-corrected chi connectivity index (χ0v) is 12.7. The normalized spacial score (nSPS) is 18.6. The van der Waals surface area contributed by atoms with Crippen molar-refractivity contribution in [3.8, 4) is 0 Å². The number of rotatable bonds is 2. The highest BCUT2D eigenvalue weighted by Crippen LogP contribution is 2.18. The van der Waals surface area contributed by atoms with Gasteiger partial charge in [0.15, 0.2) is 0 Å². The SMILES string of the molecule is Cc1ccc(C)c(CC2=CC(Cl)=C[NH+]([O-])C2=S(=O)=O)c1. The third-order valence-corrected chi connectivity index (χ3v) is 4.16. The van der Waals surface area contributed by atoms with Crippen LogP contribution in [0.1, 0.15) is 16.7 Å². The van der Waals surface area contributed by atoms with Crippen LogP contribution in [0.4, 0.5) is 0 Å². The fourth-order valence-electron chi connectivity index (χ4n) is 2.14. The molecule has 1 unspecified atom stereocenters. The molecule has 0 amide bonds. The standard InChI is InChI=1S/C14H14ClNO3S/c1-9-3-4-10(2)11(5-9)6-12-7-13(15)8-16(17)14(12)20(18)19/h3-5,7-8,16H,6H2,1-2H3. The topological polar surface area (TPSA) is 61.6 Å². The maximum absolute atomic E-state index is 11.8. The van der Waals surface area contributed by atoms with Crippen LogP contribution in [-0.2, 0) is 16.7 Å². The van der Waals surface area contributed by atoms with Gasteiger partial charge in [-0.25, -0.2) is 0 Å². The fourth-order valence-corrected chi connectivity index (χ4v) is 2.94. The van der Waals surface area contributed by atoms with E-state index in [1.54, 1.807) is 0 Å². The second-order valence-corrected chi connectivity index (χ2v) is 6.05. The lowest BCUT2D eigenvalue weighted by Crippen LogP contribution is -3.06. The number of nitrogens with one attached hydrogen (secondary N) is 1. The molecule has 0 radical (unpaired) electrons. The molecule has 0 aromatic heterocycles. The Morgan fingerprint density at radius 3 is 2.65 bits per heavy atom. The van der Waals surface area contributed by atoms with E-state index in [1.165, 1.54) is 6.08 Å².